The fourth-order valence-electron chi connectivity index (χ4n) is 2.24. The Morgan fingerprint density at radius 2 is 1.53 bits per heavy atom. The normalized spacial score (nSPS) is 10.8. The molecule has 3 rings (SSSR count). The van der Waals surface area contributed by atoms with Crippen LogP contribution >= 0.6 is 0 Å². The second kappa shape index (κ2) is 3.63. The van der Waals surface area contributed by atoms with Gasteiger partial charge in [0.1, 0.15) is 5.75 Å². The summed E-state index contributed by atoms with van der Waals surface area (Å²) >= 11 is 0. The van der Waals surface area contributed by atoms with Crippen LogP contribution in [0.2, 0.25) is 0 Å². The molecule has 0 aliphatic rings. The van der Waals surface area contributed by atoms with Crippen molar-refractivity contribution in [3.8, 4) is 5.75 Å². The molecule has 0 atom stereocenters. The van der Waals surface area contributed by atoms with Crippen molar-refractivity contribution in [2.45, 2.75) is 0 Å². The molecule has 0 radical (unpaired) electrons. The topological polar surface area (TPSA) is 20.2 Å². The minimum Gasteiger partial charge on any atom is -0.507 e. The van der Waals surface area contributed by atoms with E-state index in [9.17, 15) is 5.11 Å². The van der Waals surface area contributed by atoms with Gasteiger partial charge in [0.05, 0.1) is 0 Å². The average Bonchev–Trinajstić information content (AvgIpc) is 2.36. The Kier molecular flexibility index (Phi) is 2.12. The van der Waals surface area contributed by atoms with Crippen molar-refractivity contribution >= 4 is 27.6 Å². The molecular weight excluding hydrogens is 208 g/mol. The van der Waals surface area contributed by atoms with Crippen LogP contribution in [0.4, 0.5) is 0 Å². The van der Waals surface area contributed by atoms with E-state index in [4.69, 9.17) is 0 Å². The molecule has 0 amide bonds. The molecule has 0 saturated heterocycles. The Bertz CT molecular complexity index is 726. The van der Waals surface area contributed by atoms with Crippen LogP contribution in [0.5, 0.6) is 5.75 Å². The molecule has 0 aromatic heterocycles. The van der Waals surface area contributed by atoms with Gasteiger partial charge in [0.15, 0.2) is 0 Å². The Balaban J connectivity index is 2.52. The minimum absolute atomic E-state index is 0.327. The standard InChI is InChI=1S/C16H12O/c1-2-11-5-3-6-12-10-15-13(9-14(11)12)7-4-8-16(15)17/h2-10,17H,1H2. The van der Waals surface area contributed by atoms with E-state index < -0.39 is 0 Å². The maximum atomic E-state index is 9.84. The zero-order chi connectivity index (χ0) is 11.8. The summed E-state index contributed by atoms with van der Waals surface area (Å²) in [6.45, 7) is 3.83. The summed E-state index contributed by atoms with van der Waals surface area (Å²) in [6, 6.07) is 15.8. The van der Waals surface area contributed by atoms with Gasteiger partial charge in [0.25, 0.3) is 0 Å². The fraction of sp³-hybridized carbons (Fsp3) is 0. The lowest BCUT2D eigenvalue weighted by Crippen LogP contribution is -1.80. The summed E-state index contributed by atoms with van der Waals surface area (Å²) < 4.78 is 0. The van der Waals surface area contributed by atoms with Crippen LogP contribution in [-0.2, 0) is 0 Å². The molecule has 0 aliphatic heterocycles. The predicted octanol–water partition coefficient (Wildman–Crippen LogP) is 4.34. The van der Waals surface area contributed by atoms with Gasteiger partial charge >= 0.3 is 0 Å². The van der Waals surface area contributed by atoms with Gasteiger partial charge in [-0.1, -0.05) is 43.0 Å². The molecule has 1 heteroatoms. The summed E-state index contributed by atoms with van der Waals surface area (Å²) in [5.41, 5.74) is 1.12. The fourth-order valence-corrected chi connectivity index (χ4v) is 2.24. The molecule has 3 aromatic rings. The van der Waals surface area contributed by atoms with Crippen LogP contribution in [0.3, 0.4) is 0 Å². The summed E-state index contributed by atoms with van der Waals surface area (Å²) in [5, 5.41) is 14.1. The SMILES string of the molecule is C=Cc1cccc2cc3c(O)cccc3cc12. The zero-order valence-electron chi connectivity index (χ0n) is 9.35. The maximum absolute atomic E-state index is 9.84. The maximum Gasteiger partial charge on any atom is 0.123 e. The van der Waals surface area contributed by atoms with E-state index in [2.05, 4.69) is 12.6 Å². The van der Waals surface area contributed by atoms with Crippen LogP contribution in [-0.4, -0.2) is 5.11 Å². The second-order valence-electron chi connectivity index (χ2n) is 4.12. The summed E-state index contributed by atoms with van der Waals surface area (Å²) in [4.78, 5) is 0. The molecule has 3 aromatic carbocycles. The van der Waals surface area contributed by atoms with Crippen molar-refractivity contribution in [1.29, 1.82) is 0 Å². The van der Waals surface area contributed by atoms with E-state index in [1.54, 1.807) is 6.07 Å². The Hall–Kier alpha value is -2.28. The lowest BCUT2D eigenvalue weighted by atomic mass is 9.99. The van der Waals surface area contributed by atoms with E-state index in [-0.39, 0.29) is 0 Å². The third kappa shape index (κ3) is 1.48. The first-order valence-corrected chi connectivity index (χ1v) is 5.56. The van der Waals surface area contributed by atoms with Crippen LogP contribution in [0.25, 0.3) is 27.6 Å². The first-order valence-electron chi connectivity index (χ1n) is 5.56. The predicted molar refractivity (Wildman–Crippen MR) is 73.2 cm³/mol. The molecular formula is C16H12O. The molecule has 0 aliphatic carbocycles. The third-order valence-corrected chi connectivity index (χ3v) is 3.11. The van der Waals surface area contributed by atoms with E-state index >= 15 is 0 Å². The van der Waals surface area contributed by atoms with Crippen molar-refractivity contribution in [2.75, 3.05) is 0 Å². The van der Waals surface area contributed by atoms with Crippen LogP contribution < -0.4 is 0 Å². The van der Waals surface area contributed by atoms with E-state index in [1.807, 2.05) is 42.5 Å². The third-order valence-electron chi connectivity index (χ3n) is 3.11. The molecule has 0 saturated carbocycles. The average molecular weight is 220 g/mol. The highest BCUT2D eigenvalue weighted by atomic mass is 16.3. The van der Waals surface area contributed by atoms with E-state index in [1.165, 1.54) is 5.39 Å². The summed E-state index contributed by atoms with van der Waals surface area (Å²) in [7, 11) is 0. The van der Waals surface area contributed by atoms with Crippen molar-refractivity contribution in [1.82, 2.24) is 0 Å². The molecule has 0 bridgehead atoms. The van der Waals surface area contributed by atoms with Crippen molar-refractivity contribution < 1.29 is 5.11 Å². The summed E-state index contributed by atoms with van der Waals surface area (Å²) in [6.07, 6.45) is 1.86. The largest absolute Gasteiger partial charge is 0.507 e. The number of phenolic OH excluding ortho intramolecular Hbond substituents is 1. The molecule has 0 fully saturated rings. The number of phenols is 1. The number of fused-ring (bicyclic) bond motifs is 2. The number of benzene rings is 3. The zero-order valence-corrected chi connectivity index (χ0v) is 9.35. The minimum atomic E-state index is 0.327. The first-order chi connectivity index (χ1) is 8.29. The Labute approximate surface area is 99.6 Å². The lowest BCUT2D eigenvalue weighted by Gasteiger charge is -2.06. The molecule has 0 heterocycles. The summed E-state index contributed by atoms with van der Waals surface area (Å²) in [5.74, 6) is 0.327. The van der Waals surface area contributed by atoms with Crippen molar-refractivity contribution in [3.63, 3.8) is 0 Å². The number of hydrogen-bond donors (Lipinski definition) is 1. The molecule has 1 nitrogen and oxygen atoms in total. The molecule has 17 heavy (non-hydrogen) atoms. The smallest absolute Gasteiger partial charge is 0.123 e. The van der Waals surface area contributed by atoms with Gasteiger partial charge < -0.3 is 5.11 Å². The molecule has 0 spiro atoms. The quantitative estimate of drug-likeness (QED) is 0.605. The van der Waals surface area contributed by atoms with Gasteiger partial charge in [-0.2, -0.15) is 0 Å². The monoisotopic (exact) mass is 220 g/mol. The van der Waals surface area contributed by atoms with Crippen molar-refractivity contribution in [3.05, 3.63) is 60.7 Å². The second-order valence-corrected chi connectivity index (χ2v) is 4.12. The van der Waals surface area contributed by atoms with Crippen molar-refractivity contribution in [2.24, 2.45) is 0 Å². The first kappa shape index (κ1) is 9.91. The Morgan fingerprint density at radius 1 is 0.882 bits per heavy atom. The molecule has 82 valence electrons. The van der Waals surface area contributed by atoms with Gasteiger partial charge in [-0.3, -0.25) is 0 Å². The Morgan fingerprint density at radius 3 is 2.29 bits per heavy atom. The van der Waals surface area contributed by atoms with Crippen LogP contribution in [0.1, 0.15) is 5.56 Å². The number of hydrogen-bond acceptors (Lipinski definition) is 1. The molecule has 0 unspecified atom stereocenters. The van der Waals surface area contributed by atoms with Crippen LogP contribution in [0, 0.1) is 0 Å². The lowest BCUT2D eigenvalue weighted by molar-refractivity contribution is 0.481. The highest BCUT2D eigenvalue weighted by Gasteiger charge is 2.03. The van der Waals surface area contributed by atoms with Crippen LogP contribution in [0.15, 0.2) is 55.1 Å². The van der Waals surface area contributed by atoms with Gasteiger partial charge in [0.2, 0.25) is 0 Å². The highest BCUT2D eigenvalue weighted by Crippen LogP contribution is 2.30. The highest BCUT2D eigenvalue weighted by molar-refractivity contribution is 6.03. The molecule has 1 N–H and O–H groups in total. The van der Waals surface area contributed by atoms with Gasteiger partial charge in [-0.05, 0) is 39.9 Å². The van der Waals surface area contributed by atoms with E-state index in [0.717, 1.165) is 21.7 Å². The van der Waals surface area contributed by atoms with E-state index in [0.29, 0.717) is 5.75 Å². The van der Waals surface area contributed by atoms with Gasteiger partial charge in [-0.25, -0.2) is 0 Å². The van der Waals surface area contributed by atoms with Gasteiger partial charge in [0, 0.05) is 5.39 Å². The number of aromatic hydroxyl groups is 1. The van der Waals surface area contributed by atoms with Gasteiger partial charge in [-0.15, -0.1) is 0 Å². The number of rotatable bonds is 1.